The van der Waals surface area contributed by atoms with Crippen molar-refractivity contribution >= 4 is 51.1 Å². The number of amides is 1. The van der Waals surface area contributed by atoms with E-state index in [1.54, 1.807) is 30.3 Å². The molecular formula is C33H39ClN4O9S. The first kappa shape index (κ1) is 38.0. The first-order chi connectivity index (χ1) is 22.7. The van der Waals surface area contributed by atoms with Crippen LogP contribution in [0, 0.1) is 0 Å². The van der Waals surface area contributed by atoms with Crippen LogP contribution in [0.2, 0.25) is 5.02 Å². The molecule has 0 saturated carbocycles. The minimum atomic E-state index is -4.31. The number of unbranched alkanes of at least 4 members (excludes halogenated alkanes) is 1. The fourth-order valence-electron chi connectivity index (χ4n) is 5.17. The lowest BCUT2D eigenvalue weighted by molar-refractivity contribution is -0.152. The molecule has 0 aliphatic carbocycles. The zero-order valence-corrected chi connectivity index (χ0v) is 27.8. The van der Waals surface area contributed by atoms with Crippen molar-refractivity contribution in [2.24, 2.45) is 5.14 Å². The molecule has 0 aliphatic heterocycles. The Balaban J connectivity index is 1.73. The summed E-state index contributed by atoms with van der Waals surface area (Å²) < 4.78 is 24.2. The van der Waals surface area contributed by atoms with Crippen LogP contribution in [0.1, 0.15) is 54.1 Å². The van der Waals surface area contributed by atoms with Crippen molar-refractivity contribution in [1.82, 2.24) is 10.2 Å². The van der Waals surface area contributed by atoms with Gasteiger partial charge in [-0.15, -0.1) is 0 Å². The predicted molar refractivity (Wildman–Crippen MR) is 179 cm³/mol. The SMILES string of the molecule is C[C@H](N[C@@H](CCc1ccccc1)C(=O)O)C(=O)N(Cc1ccccc1)[C@@H](CCCCNc1cc(Cl)c(C(=O)O)cc1S(N)(=O)=O)C(=O)O. The number of sulfonamides is 1. The normalized spacial score (nSPS) is 13.2. The van der Waals surface area contributed by atoms with Gasteiger partial charge in [-0.1, -0.05) is 72.3 Å². The number of carbonyl (C=O) groups excluding carboxylic acids is 1. The number of aryl methyl sites for hydroxylation is 1. The number of carbonyl (C=O) groups is 4. The Hall–Kier alpha value is -4.50. The molecule has 7 N–H and O–H groups in total. The van der Waals surface area contributed by atoms with Gasteiger partial charge in [0.15, 0.2) is 0 Å². The number of hydrogen-bond donors (Lipinski definition) is 6. The van der Waals surface area contributed by atoms with Crippen molar-refractivity contribution in [3.05, 3.63) is 94.5 Å². The number of anilines is 1. The summed E-state index contributed by atoms with van der Waals surface area (Å²) in [4.78, 5) is 50.6. The molecule has 0 aromatic heterocycles. The van der Waals surface area contributed by atoms with E-state index in [1.807, 2.05) is 30.3 Å². The Morgan fingerprint density at radius 1 is 0.875 bits per heavy atom. The van der Waals surface area contributed by atoms with Gasteiger partial charge in [0.1, 0.15) is 17.0 Å². The highest BCUT2D eigenvalue weighted by Gasteiger charge is 2.33. The van der Waals surface area contributed by atoms with E-state index in [1.165, 1.54) is 11.8 Å². The molecular weight excluding hydrogens is 664 g/mol. The van der Waals surface area contributed by atoms with E-state index >= 15 is 0 Å². The fraction of sp³-hybridized carbons (Fsp3) is 0.333. The quantitative estimate of drug-likeness (QED) is 0.0987. The molecule has 13 nitrogen and oxygen atoms in total. The number of aliphatic carboxylic acids is 2. The zero-order chi connectivity index (χ0) is 35.4. The second-order valence-electron chi connectivity index (χ2n) is 11.2. The van der Waals surface area contributed by atoms with Crippen LogP contribution in [0.15, 0.2) is 77.7 Å². The van der Waals surface area contributed by atoms with E-state index in [-0.39, 0.29) is 43.1 Å². The van der Waals surface area contributed by atoms with Crippen LogP contribution < -0.4 is 15.8 Å². The van der Waals surface area contributed by atoms with Gasteiger partial charge in [0.25, 0.3) is 0 Å². The van der Waals surface area contributed by atoms with E-state index < -0.39 is 62.4 Å². The van der Waals surface area contributed by atoms with E-state index in [2.05, 4.69) is 10.6 Å². The number of carboxylic acid groups (broad SMARTS) is 3. The summed E-state index contributed by atoms with van der Waals surface area (Å²) in [5.41, 5.74) is 1.18. The second-order valence-corrected chi connectivity index (χ2v) is 13.1. The van der Waals surface area contributed by atoms with Gasteiger partial charge in [0.2, 0.25) is 15.9 Å². The van der Waals surface area contributed by atoms with E-state index in [9.17, 15) is 42.9 Å². The maximum Gasteiger partial charge on any atom is 0.337 e. The maximum absolute atomic E-state index is 13.8. The predicted octanol–water partition coefficient (Wildman–Crippen LogP) is 3.81. The summed E-state index contributed by atoms with van der Waals surface area (Å²) in [7, 11) is -4.31. The molecule has 3 atom stereocenters. The van der Waals surface area contributed by atoms with Crippen LogP contribution in [0.5, 0.6) is 0 Å². The van der Waals surface area contributed by atoms with Crippen LogP contribution in [-0.4, -0.2) is 77.1 Å². The van der Waals surface area contributed by atoms with E-state index in [4.69, 9.17) is 16.7 Å². The Bertz CT molecular complexity index is 1690. The number of hydrogen-bond acceptors (Lipinski definition) is 8. The summed E-state index contributed by atoms with van der Waals surface area (Å²) in [6, 6.07) is 16.8. The van der Waals surface area contributed by atoms with Crippen LogP contribution in [0.3, 0.4) is 0 Å². The fourth-order valence-corrected chi connectivity index (χ4v) is 6.13. The Morgan fingerprint density at radius 2 is 1.48 bits per heavy atom. The molecule has 3 aromatic carbocycles. The smallest absolute Gasteiger partial charge is 0.337 e. The molecule has 3 rings (SSSR count). The molecule has 3 aromatic rings. The molecule has 1 amide bonds. The average molecular weight is 703 g/mol. The Morgan fingerprint density at radius 3 is 2.02 bits per heavy atom. The molecule has 0 aliphatic rings. The van der Waals surface area contributed by atoms with Crippen LogP contribution >= 0.6 is 11.6 Å². The third kappa shape index (κ3) is 11.0. The van der Waals surface area contributed by atoms with Gasteiger partial charge in [0, 0.05) is 13.1 Å². The maximum atomic E-state index is 13.8. The Labute approximate surface area is 283 Å². The van der Waals surface area contributed by atoms with Gasteiger partial charge in [-0.2, -0.15) is 0 Å². The number of primary sulfonamides is 1. The number of nitrogens with zero attached hydrogens (tertiary/aromatic N) is 1. The number of aromatic carboxylic acids is 1. The lowest BCUT2D eigenvalue weighted by Crippen LogP contribution is -2.54. The number of benzene rings is 3. The number of carboxylic acids is 3. The highest BCUT2D eigenvalue weighted by molar-refractivity contribution is 7.89. The van der Waals surface area contributed by atoms with Crippen LogP contribution in [0.4, 0.5) is 5.69 Å². The Kier molecular flexibility index (Phi) is 13.9. The van der Waals surface area contributed by atoms with Crippen molar-refractivity contribution < 1.29 is 42.9 Å². The summed E-state index contributed by atoms with van der Waals surface area (Å²) in [5.74, 6) is -4.39. The second kappa shape index (κ2) is 17.6. The van der Waals surface area contributed by atoms with Crippen molar-refractivity contribution in [2.45, 2.75) is 68.6 Å². The lowest BCUT2D eigenvalue weighted by Gasteiger charge is -2.32. The molecule has 15 heteroatoms. The average Bonchev–Trinajstić information content (AvgIpc) is 3.03. The summed E-state index contributed by atoms with van der Waals surface area (Å²) in [5, 5.41) is 40.2. The molecule has 0 radical (unpaired) electrons. The van der Waals surface area contributed by atoms with Gasteiger partial charge in [-0.3, -0.25) is 14.9 Å². The zero-order valence-electron chi connectivity index (χ0n) is 26.2. The van der Waals surface area contributed by atoms with Gasteiger partial charge in [-0.05, 0) is 62.3 Å². The van der Waals surface area contributed by atoms with E-state index in [0.29, 0.717) is 18.4 Å². The van der Waals surface area contributed by atoms with Crippen molar-refractivity contribution in [1.29, 1.82) is 0 Å². The van der Waals surface area contributed by atoms with Crippen LogP contribution in [0.25, 0.3) is 0 Å². The molecule has 0 heterocycles. The number of halogens is 1. The lowest BCUT2D eigenvalue weighted by atomic mass is 10.0. The molecule has 0 fully saturated rings. The summed E-state index contributed by atoms with van der Waals surface area (Å²) in [6.45, 7) is 1.62. The van der Waals surface area contributed by atoms with Gasteiger partial charge in [0.05, 0.1) is 22.3 Å². The first-order valence-corrected chi connectivity index (χ1v) is 17.0. The monoisotopic (exact) mass is 702 g/mol. The van der Waals surface area contributed by atoms with Crippen molar-refractivity contribution in [2.75, 3.05) is 11.9 Å². The highest BCUT2D eigenvalue weighted by atomic mass is 35.5. The minimum absolute atomic E-state index is 0.0108. The first-order valence-electron chi connectivity index (χ1n) is 15.1. The number of nitrogens with two attached hydrogens (primary N) is 1. The topological polar surface area (TPSA) is 216 Å². The molecule has 258 valence electrons. The van der Waals surface area contributed by atoms with Crippen molar-refractivity contribution in [3.8, 4) is 0 Å². The van der Waals surface area contributed by atoms with Gasteiger partial charge in [-0.25, -0.2) is 23.1 Å². The molecule has 0 unspecified atom stereocenters. The molecule has 0 saturated heterocycles. The highest BCUT2D eigenvalue weighted by Crippen LogP contribution is 2.28. The van der Waals surface area contributed by atoms with Crippen molar-refractivity contribution in [3.63, 3.8) is 0 Å². The van der Waals surface area contributed by atoms with Gasteiger partial charge >= 0.3 is 17.9 Å². The number of nitrogens with one attached hydrogen (secondary N) is 2. The number of rotatable bonds is 19. The van der Waals surface area contributed by atoms with E-state index in [0.717, 1.165) is 17.7 Å². The molecule has 0 bridgehead atoms. The minimum Gasteiger partial charge on any atom is -0.480 e. The molecule has 0 spiro atoms. The molecule has 48 heavy (non-hydrogen) atoms. The third-order valence-corrected chi connectivity index (χ3v) is 8.91. The largest absolute Gasteiger partial charge is 0.480 e. The van der Waals surface area contributed by atoms with Gasteiger partial charge < -0.3 is 25.5 Å². The third-order valence-electron chi connectivity index (χ3n) is 7.65. The van der Waals surface area contributed by atoms with Crippen LogP contribution in [-0.2, 0) is 37.4 Å². The summed E-state index contributed by atoms with van der Waals surface area (Å²) >= 11 is 6.02. The standard InChI is InChI=1S/C33H39ClN4O9S/c1-21(37-26(32(42)43)16-15-22-10-4-2-5-11-22)30(39)38(20-23-12-6-3-7-13-23)28(33(44)45)14-8-9-17-36-27-19-25(34)24(31(40)41)18-29(27)48(35,46)47/h2-7,10-13,18-19,21,26,28,36-37H,8-9,14-17,20H2,1H3,(H,40,41)(H,42,43)(H,44,45)(H2,35,46,47)/t21-,26-,28-/m0/s1. The summed E-state index contributed by atoms with van der Waals surface area (Å²) in [6.07, 6.45) is 1.31.